The van der Waals surface area contributed by atoms with Crippen LogP contribution < -0.4 is 5.73 Å². The second-order valence-corrected chi connectivity index (χ2v) is 5.16. The molecule has 0 amide bonds. The first-order chi connectivity index (χ1) is 8.41. The Morgan fingerprint density at radius 2 is 2.00 bits per heavy atom. The number of halogens is 1. The smallest absolute Gasteiger partial charge is 0.168 e. The molecule has 0 spiro atoms. The zero-order valence-corrected chi connectivity index (χ0v) is 11.4. The molecule has 3 heteroatoms. The van der Waals surface area contributed by atoms with Crippen molar-refractivity contribution in [3.05, 3.63) is 35.1 Å². The molecule has 0 aliphatic heterocycles. The Morgan fingerprint density at radius 1 is 1.33 bits per heavy atom. The molecule has 0 aliphatic carbocycles. The van der Waals surface area contributed by atoms with Gasteiger partial charge in [-0.25, -0.2) is 4.39 Å². The van der Waals surface area contributed by atoms with E-state index in [1.807, 2.05) is 20.8 Å². The van der Waals surface area contributed by atoms with Crippen molar-refractivity contribution in [1.29, 1.82) is 0 Å². The van der Waals surface area contributed by atoms with Crippen LogP contribution in [0.2, 0.25) is 0 Å². The van der Waals surface area contributed by atoms with E-state index in [-0.39, 0.29) is 23.3 Å². The molecule has 0 saturated carbocycles. The van der Waals surface area contributed by atoms with E-state index in [2.05, 4.69) is 0 Å². The van der Waals surface area contributed by atoms with E-state index in [9.17, 15) is 9.18 Å². The lowest BCUT2D eigenvalue weighted by atomic mass is 9.93. The van der Waals surface area contributed by atoms with Gasteiger partial charge in [0.1, 0.15) is 5.82 Å². The Balaban J connectivity index is 2.65. The molecule has 0 radical (unpaired) electrons. The molecule has 0 saturated heterocycles. The lowest BCUT2D eigenvalue weighted by molar-refractivity contribution is 0.0918. The third kappa shape index (κ3) is 4.22. The van der Waals surface area contributed by atoms with Gasteiger partial charge in [0.2, 0.25) is 0 Å². The minimum atomic E-state index is -0.426. The minimum Gasteiger partial charge on any atom is -0.328 e. The summed E-state index contributed by atoms with van der Waals surface area (Å²) in [7, 11) is 0. The van der Waals surface area contributed by atoms with Crippen LogP contribution in [0.25, 0.3) is 0 Å². The lowest BCUT2D eigenvalue weighted by Gasteiger charge is -2.12. The van der Waals surface area contributed by atoms with Crippen molar-refractivity contribution in [2.75, 3.05) is 0 Å². The van der Waals surface area contributed by atoms with Gasteiger partial charge in [0.05, 0.1) is 5.56 Å². The van der Waals surface area contributed by atoms with E-state index >= 15 is 0 Å². The Morgan fingerprint density at radius 3 is 2.61 bits per heavy atom. The minimum absolute atomic E-state index is 0.110. The highest BCUT2D eigenvalue weighted by atomic mass is 19.1. The highest BCUT2D eigenvalue weighted by Gasteiger charge is 2.18. The molecule has 100 valence electrons. The number of hydrogen-bond acceptors (Lipinski definition) is 2. The number of benzene rings is 1. The fourth-order valence-corrected chi connectivity index (χ4v) is 1.97. The second-order valence-electron chi connectivity index (χ2n) is 5.16. The molecule has 0 aliphatic rings. The van der Waals surface area contributed by atoms with Crippen LogP contribution in [0.3, 0.4) is 0 Å². The lowest BCUT2D eigenvalue weighted by Crippen LogP contribution is -2.17. The number of ketones is 1. The molecule has 0 fully saturated rings. The van der Waals surface area contributed by atoms with Gasteiger partial charge in [0, 0.05) is 12.0 Å². The average Bonchev–Trinajstić information content (AvgIpc) is 2.30. The molecule has 0 heterocycles. The van der Waals surface area contributed by atoms with Gasteiger partial charge in [-0.05, 0) is 38.8 Å². The van der Waals surface area contributed by atoms with Gasteiger partial charge in [-0.2, -0.15) is 0 Å². The van der Waals surface area contributed by atoms with E-state index in [4.69, 9.17) is 5.73 Å². The predicted octanol–water partition coefficient (Wildman–Crippen LogP) is 3.47. The standard InChI is InChI=1S/C15H22FNO/c1-10-7-8-14(16)13(9-10)15(18)11(2)5-4-6-12(3)17/h7-9,11-12H,4-6,17H2,1-3H3. The normalized spacial score (nSPS) is 14.3. The van der Waals surface area contributed by atoms with Crippen molar-refractivity contribution in [2.24, 2.45) is 11.7 Å². The molecular formula is C15H22FNO. The first-order valence-corrected chi connectivity index (χ1v) is 6.47. The van der Waals surface area contributed by atoms with E-state index < -0.39 is 5.82 Å². The van der Waals surface area contributed by atoms with Crippen molar-refractivity contribution in [3.63, 3.8) is 0 Å². The van der Waals surface area contributed by atoms with Crippen molar-refractivity contribution in [2.45, 2.75) is 46.1 Å². The molecule has 1 aromatic carbocycles. The maximum atomic E-state index is 13.6. The molecule has 2 atom stereocenters. The largest absolute Gasteiger partial charge is 0.328 e. The van der Waals surface area contributed by atoms with Crippen LogP contribution >= 0.6 is 0 Å². The van der Waals surface area contributed by atoms with Gasteiger partial charge in [0.25, 0.3) is 0 Å². The van der Waals surface area contributed by atoms with Crippen LogP contribution in [0.15, 0.2) is 18.2 Å². The SMILES string of the molecule is Cc1ccc(F)c(C(=O)C(C)CCCC(C)N)c1. The summed E-state index contributed by atoms with van der Waals surface area (Å²) in [6.07, 6.45) is 2.56. The molecule has 2 nitrogen and oxygen atoms in total. The van der Waals surface area contributed by atoms with Gasteiger partial charge in [-0.1, -0.05) is 25.0 Å². The van der Waals surface area contributed by atoms with E-state index in [0.717, 1.165) is 24.8 Å². The van der Waals surface area contributed by atoms with Gasteiger partial charge in [-0.3, -0.25) is 4.79 Å². The number of carbonyl (C=O) groups is 1. The van der Waals surface area contributed by atoms with Crippen molar-refractivity contribution in [1.82, 2.24) is 0 Å². The van der Waals surface area contributed by atoms with Gasteiger partial charge >= 0.3 is 0 Å². The number of hydrogen-bond donors (Lipinski definition) is 1. The maximum Gasteiger partial charge on any atom is 0.168 e. The number of carbonyl (C=O) groups excluding carboxylic acids is 1. The quantitative estimate of drug-likeness (QED) is 0.787. The molecular weight excluding hydrogens is 229 g/mol. The fraction of sp³-hybridized carbons (Fsp3) is 0.533. The topological polar surface area (TPSA) is 43.1 Å². The fourth-order valence-electron chi connectivity index (χ4n) is 1.97. The van der Waals surface area contributed by atoms with Crippen molar-refractivity contribution >= 4 is 5.78 Å². The Labute approximate surface area is 108 Å². The van der Waals surface area contributed by atoms with Crippen LogP contribution in [-0.4, -0.2) is 11.8 Å². The first-order valence-electron chi connectivity index (χ1n) is 6.47. The zero-order chi connectivity index (χ0) is 13.7. The number of rotatable bonds is 6. The number of nitrogens with two attached hydrogens (primary N) is 1. The molecule has 2 unspecified atom stereocenters. The number of aryl methyl sites for hydroxylation is 1. The summed E-state index contributed by atoms with van der Waals surface area (Å²) >= 11 is 0. The molecule has 18 heavy (non-hydrogen) atoms. The Bertz CT molecular complexity index is 415. The third-order valence-electron chi connectivity index (χ3n) is 3.13. The van der Waals surface area contributed by atoms with Crippen LogP contribution in [0.4, 0.5) is 4.39 Å². The summed E-state index contributed by atoms with van der Waals surface area (Å²) in [6.45, 7) is 5.66. The summed E-state index contributed by atoms with van der Waals surface area (Å²) in [5.74, 6) is -0.689. The third-order valence-corrected chi connectivity index (χ3v) is 3.13. The molecule has 1 rings (SSSR count). The average molecular weight is 251 g/mol. The molecule has 0 aromatic heterocycles. The number of Topliss-reactive ketones (excluding diaryl/α,β-unsaturated/α-hetero) is 1. The van der Waals surface area contributed by atoms with E-state index in [1.165, 1.54) is 6.07 Å². The Hall–Kier alpha value is -1.22. The van der Waals surface area contributed by atoms with Gasteiger partial charge < -0.3 is 5.73 Å². The first kappa shape index (κ1) is 14.8. The van der Waals surface area contributed by atoms with E-state index in [1.54, 1.807) is 12.1 Å². The van der Waals surface area contributed by atoms with Crippen molar-refractivity contribution < 1.29 is 9.18 Å². The molecule has 0 bridgehead atoms. The summed E-state index contributed by atoms with van der Waals surface area (Å²) in [5, 5.41) is 0. The summed E-state index contributed by atoms with van der Waals surface area (Å²) < 4.78 is 13.6. The highest BCUT2D eigenvalue weighted by molar-refractivity contribution is 5.98. The van der Waals surface area contributed by atoms with Crippen LogP contribution in [0.1, 0.15) is 49.0 Å². The van der Waals surface area contributed by atoms with Gasteiger partial charge in [-0.15, -0.1) is 0 Å². The van der Waals surface area contributed by atoms with Crippen LogP contribution in [0.5, 0.6) is 0 Å². The summed E-state index contributed by atoms with van der Waals surface area (Å²) in [4.78, 5) is 12.1. The summed E-state index contributed by atoms with van der Waals surface area (Å²) in [5.41, 5.74) is 6.78. The second kappa shape index (κ2) is 6.64. The monoisotopic (exact) mass is 251 g/mol. The van der Waals surface area contributed by atoms with Crippen LogP contribution in [0, 0.1) is 18.7 Å². The predicted molar refractivity (Wildman–Crippen MR) is 72.1 cm³/mol. The zero-order valence-electron chi connectivity index (χ0n) is 11.4. The maximum absolute atomic E-state index is 13.6. The van der Waals surface area contributed by atoms with Crippen LogP contribution in [-0.2, 0) is 0 Å². The van der Waals surface area contributed by atoms with Crippen molar-refractivity contribution in [3.8, 4) is 0 Å². The molecule has 1 aromatic rings. The summed E-state index contributed by atoms with van der Waals surface area (Å²) in [6, 6.07) is 4.81. The Kier molecular flexibility index (Phi) is 5.48. The highest BCUT2D eigenvalue weighted by Crippen LogP contribution is 2.19. The molecule has 2 N–H and O–H groups in total. The van der Waals surface area contributed by atoms with E-state index in [0.29, 0.717) is 0 Å². The van der Waals surface area contributed by atoms with Gasteiger partial charge in [0.15, 0.2) is 5.78 Å².